The number of benzene rings is 12. The van der Waals surface area contributed by atoms with Crippen molar-refractivity contribution in [2.75, 3.05) is 4.90 Å². The van der Waals surface area contributed by atoms with E-state index in [9.17, 15) is 0 Å². The lowest BCUT2D eigenvalue weighted by atomic mass is 9.74. The molecular formula is C76H55NSi. The van der Waals surface area contributed by atoms with E-state index < -0.39 is 8.07 Å². The Balaban J connectivity index is 0.954. The first-order valence-electron chi connectivity index (χ1n) is 27.4. The molecule has 1 heterocycles. The fourth-order valence-electron chi connectivity index (χ4n) is 14.3. The zero-order valence-corrected chi connectivity index (χ0v) is 44.7. The van der Waals surface area contributed by atoms with E-state index in [1.165, 1.54) is 98.6 Å². The van der Waals surface area contributed by atoms with Crippen LogP contribution in [0.4, 0.5) is 17.1 Å². The van der Waals surface area contributed by atoms with Gasteiger partial charge >= 0.3 is 0 Å². The normalized spacial score (nSPS) is 15.6. The lowest BCUT2D eigenvalue weighted by Crippen LogP contribution is -2.72. The average molecular weight is 1010 g/mol. The zero-order chi connectivity index (χ0) is 52.0. The summed E-state index contributed by atoms with van der Waals surface area (Å²) in [5.41, 5.74) is 23.0. The lowest BCUT2D eigenvalue weighted by Gasteiger charge is -2.33. The van der Waals surface area contributed by atoms with E-state index in [1.54, 1.807) is 0 Å². The molecule has 15 rings (SSSR count). The minimum atomic E-state index is -2.73. The highest BCUT2D eigenvalue weighted by Gasteiger charge is 2.49. The van der Waals surface area contributed by atoms with Gasteiger partial charge in [-0.25, -0.2) is 0 Å². The Kier molecular flexibility index (Phi) is 10.5. The fourth-order valence-corrected chi connectivity index (χ4v) is 19.5. The number of hydrogen-bond acceptors (Lipinski definition) is 1. The van der Waals surface area contributed by atoms with Crippen LogP contribution in [0.25, 0.3) is 55.6 Å². The quantitative estimate of drug-likeness (QED) is 0.130. The Labute approximate surface area is 459 Å². The molecule has 1 nitrogen and oxygen atoms in total. The van der Waals surface area contributed by atoms with Gasteiger partial charge in [-0.2, -0.15) is 0 Å². The third-order valence-corrected chi connectivity index (χ3v) is 22.8. The first kappa shape index (κ1) is 46.0. The van der Waals surface area contributed by atoms with Crippen LogP contribution in [0.3, 0.4) is 0 Å². The molecule has 0 fully saturated rings. The van der Waals surface area contributed by atoms with Gasteiger partial charge in [0, 0.05) is 27.8 Å². The molecule has 12 aromatic rings. The van der Waals surface area contributed by atoms with Crippen LogP contribution in [-0.2, 0) is 10.8 Å². The van der Waals surface area contributed by atoms with Crippen LogP contribution in [0.15, 0.2) is 297 Å². The predicted octanol–water partition coefficient (Wildman–Crippen LogP) is 16.5. The number of nitrogens with zero attached hydrogens (tertiary/aromatic N) is 1. The van der Waals surface area contributed by atoms with Crippen molar-refractivity contribution in [3.63, 3.8) is 0 Å². The highest BCUT2D eigenvalue weighted by Crippen LogP contribution is 2.56. The second kappa shape index (κ2) is 17.9. The maximum Gasteiger partial charge on any atom is 0.180 e. The molecule has 0 amide bonds. The van der Waals surface area contributed by atoms with Crippen molar-refractivity contribution < 1.29 is 0 Å². The Bertz CT molecular complexity index is 4220. The summed E-state index contributed by atoms with van der Waals surface area (Å²) in [5.74, 6) is 0. The van der Waals surface area contributed by atoms with Crippen molar-refractivity contribution in [2.24, 2.45) is 0 Å². The monoisotopic (exact) mass is 1010 g/mol. The van der Waals surface area contributed by atoms with Gasteiger partial charge < -0.3 is 4.90 Å². The Morgan fingerprint density at radius 2 is 0.718 bits per heavy atom. The molecule has 0 spiro atoms. The summed E-state index contributed by atoms with van der Waals surface area (Å²) in [6.07, 6.45) is 0. The van der Waals surface area contributed by atoms with E-state index in [-0.39, 0.29) is 10.8 Å². The molecule has 2 aliphatic carbocycles. The maximum atomic E-state index is 2.54. The molecule has 3 aliphatic rings. The van der Waals surface area contributed by atoms with Crippen LogP contribution in [0, 0.1) is 0 Å². The Morgan fingerprint density at radius 1 is 0.269 bits per heavy atom. The molecule has 368 valence electrons. The van der Waals surface area contributed by atoms with E-state index in [2.05, 4.69) is 316 Å². The van der Waals surface area contributed by atoms with Gasteiger partial charge in [0.1, 0.15) is 0 Å². The first-order valence-corrected chi connectivity index (χ1v) is 29.4. The van der Waals surface area contributed by atoms with Gasteiger partial charge in [0.2, 0.25) is 0 Å². The molecule has 0 saturated heterocycles. The third kappa shape index (κ3) is 6.66. The lowest BCUT2D eigenvalue weighted by molar-refractivity contribution is 0.713. The third-order valence-electron chi connectivity index (χ3n) is 17.9. The zero-order valence-electron chi connectivity index (χ0n) is 43.7. The van der Waals surface area contributed by atoms with Crippen LogP contribution < -0.4 is 25.6 Å². The molecule has 1 unspecified atom stereocenters. The highest BCUT2D eigenvalue weighted by atomic mass is 28.3. The standard InChI is InChI=1S/C76H55NSi/c1-75(55-27-8-4-9-28-55)68-39-17-14-36-63(68)64-46-45-58(51-71(64)75)77(57-30-23-29-56(50-57)76(2)69-40-18-12-34-61(69)62-35-13-19-41-70(62)76)72-47-44-54(49-67(72)52-24-6-3-7-25-52)53-26-22-33-60(48-53)78(59-31-10-5-11-32-59)73-42-20-15-37-65(73)66-38-16-21-43-74(66)78/h3-51H,1-2H3. The SMILES string of the molecule is CC1(c2cccc(N(c3ccc4c(c3)C(C)(c3ccccc3)c3ccccc3-4)c3ccc(-c4cccc([Si]5(c6ccccc6)c6ccccc6-c6ccccc65)c4)cc3-c3ccccc3)c2)c2ccccc2-c2ccccc21. The van der Waals surface area contributed by atoms with Crippen molar-refractivity contribution >= 4 is 45.9 Å². The van der Waals surface area contributed by atoms with Crippen molar-refractivity contribution in [3.8, 4) is 55.6 Å². The van der Waals surface area contributed by atoms with Crippen molar-refractivity contribution in [3.05, 3.63) is 331 Å². The van der Waals surface area contributed by atoms with Gasteiger partial charge in [-0.15, -0.1) is 0 Å². The molecule has 0 saturated carbocycles. The summed E-state index contributed by atoms with van der Waals surface area (Å²) in [4.78, 5) is 2.54. The summed E-state index contributed by atoms with van der Waals surface area (Å²) in [6, 6.07) is 112. The van der Waals surface area contributed by atoms with Crippen LogP contribution in [0.2, 0.25) is 0 Å². The average Bonchev–Trinajstić information content (AvgIpc) is 4.30. The van der Waals surface area contributed by atoms with Gasteiger partial charge in [0.25, 0.3) is 0 Å². The molecule has 2 heteroatoms. The smallest absolute Gasteiger partial charge is 0.180 e. The first-order chi connectivity index (χ1) is 38.5. The van der Waals surface area contributed by atoms with Crippen LogP contribution in [0.5, 0.6) is 0 Å². The number of anilines is 3. The molecule has 0 radical (unpaired) electrons. The molecule has 0 bridgehead atoms. The summed E-state index contributed by atoms with van der Waals surface area (Å²) in [5, 5.41) is 5.69. The van der Waals surface area contributed by atoms with Gasteiger partial charge in [0.05, 0.1) is 5.69 Å². The molecule has 1 atom stereocenters. The van der Waals surface area contributed by atoms with Crippen molar-refractivity contribution in [1.82, 2.24) is 0 Å². The summed E-state index contributed by atoms with van der Waals surface area (Å²) in [7, 11) is -2.73. The maximum absolute atomic E-state index is 2.73. The molecular weight excluding hydrogens is 955 g/mol. The van der Waals surface area contributed by atoms with E-state index in [0.717, 1.165) is 28.2 Å². The van der Waals surface area contributed by atoms with Crippen molar-refractivity contribution in [2.45, 2.75) is 24.7 Å². The molecule has 1 aliphatic heterocycles. The minimum Gasteiger partial charge on any atom is -0.310 e. The van der Waals surface area contributed by atoms with Crippen LogP contribution in [-0.4, -0.2) is 8.07 Å². The predicted molar refractivity (Wildman–Crippen MR) is 329 cm³/mol. The van der Waals surface area contributed by atoms with E-state index >= 15 is 0 Å². The molecule has 0 N–H and O–H groups in total. The Morgan fingerprint density at radius 3 is 1.35 bits per heavy atom. The molecule has 78 heavy (non-hydrogen) atoms. The van der Waals surface area contributed by atoms with Gasteiger partial charge in [-0.1, -0.05) is 261 Å². The van der Waals surface area contributed by atoms with Gasteiger partial charge in [-0.3, -0.25) is 0 Å². The number of rotatable bonds is 9. The minimum absolute atomic E-state index is 0.376. The second-order valence-electron chi connectivity index (χ2n) is 21.8. The highest BCUT2D eigenvalue weighted by molar-refractivity contribution is 7.22. The summed E-state index contributed by atoms with van der Waals surface area (Å²) < 4.78 is 0. The summed E-state index contributed by atoms with van der Waals surface area (Å²) >= 11 is 0. The molecule has 0 aromatic heterocycles. The Hall–Kier alpha value is -9.34. The van der Waals surface area contributed by atoms with Gasteiger partial charge in [-0.05, 0) is 154 Å². The molecule has 12 aromatic carbocycles. The van der Waals surface area contributed by atoms with E-state index in [4.69, 9.17) is 0 Å². The number of fused-ring (bicyclic) bond motifs is 9. The van der Waals surface area contributed by atoms with Gasteiger partial charge in [0.15, 0.2) is 8.07 Å². The van der Waals surface area contributed by atoms with E-state index in [1.807, 2.05) is 0 Å². The summed E-state index contributed by atoms with van der Waals surface area (Å²) in [6.45, 7) is 4.84. The fraction of sp³-hybridized carbons (Fsp3) is 0.0526. The number of hydrogen-bond donors (Lipinski definition) is 0. The topological polar surface area (TPSA) is 3.24 Å². The van der Waals surface area contributed by atoms with Crippen LogP contribution >= 0.6 is 0 Å². The van der Waals surface area contributed by atoms with Crippen LogP contribution in [0.1, 0.15) is 47.2 Å². The largest absolute Gasteiger partial charge is 0.310 e. The second-order valence-corrected chi connectivity index (χ2v) is 25.5. The van der Waals surface area contributed by atoms with E-state index in [0.29, 0.717) is 0 Å². The van der Waals surface area contributed by atoms with Crippen molar-refractivity contribution in [1.29, 1.82) is 0 Å².